The van der Waals surface area contributed by atoms with Crippen LogP contribution in [0.1, 0.15) is 24.8 Å². The van der Waals surface area contributed by atoms with Gasteiger partial charge in [-0.1, -0.05) is 18.2 Å². The minimum atomic E-state index is -0.343. The van der Waals surface area contributed by atoms with Gasteiger partial charge in [-0.25, -0.2) is 4.39 Å². The van der Waals surface area contributed by atoms with E-state index in [1.807, 2.05) is 29.2 Å². The second-order valence-corrected chi connectivity index (χ2v) is 7.52. The molecule has 0 spiro atoms. The van der Waals surface area contributed by atoms with E-state index >= 15 is 0 Å². The number of nitrogens with zero attached hydrogens (tertiary/aromatic N) is 2. The molecule has 2 aromatic rings. The van der Waals surface area contributed by atoms with Gasteiger partial charge in [-0.15, -0.1) is 0 Å². The van der Waals surface area contributed by atoms with Crippen LogP contribution in [-0.2, 0) is 16.0 Å². The number of benzene rings is 2. The van der Waals surface area contributed by atoms with Crippen LogP contribution < -0.4 is 9.47 Å². The molecule has 2 amide bonds. The molecule has 0 bridgehead atoms. The maximum absolute atomic E-state index is 13.1. The number of carbonyl (C=O) groups is 2. The largest absolute Gasteiger partial charge is 0.497 e. The van der Waals surface area contributed by atoms with Crippen LogP contribution in [0.4, 0.5) is 4.39 Å². The molecule has 0 atom stereocenters. The van der Waals surface area contributed by atoms with Crippen molar-refractivity contribution in [2.24, 2.45) is 0 Å². The van der Waals surface area contributed by atoms with E-state index in [4.69, 9.17) is 9.47 Å². The van der Waals surface area contributed by atoms with Crippen molar-refractivity contribution in [3.63, 3.8) is 0 Å². The number of ether oxygens (including phenoxy) is 2. The Morgan fingerprint density at radius 2 is 1.55 bits per heavy atom. The van der Waals surface area contributed by atoms with E-state index in [2.05, 4.69) is 0 Å². The first kappa shape index (κ1) is 22.6. The maximum Gasteiger partial charge on any atom is 0.223 e. The third-order valence-electron chi connectivity index (χ3n) is 5.37. The molecule has 7 heteroatoms. The Morgan fingerprint density at radius 1 is 0.903 bits per heavy atom. The van der Waals surface area contributed by atoms with Crippen LogP contribution in [0.3, 0.4) is 0 Å². The Bertz CT molecular complexity index is 864. The van der Waals surface area contributed by atoms with Crippen molar-refractivity contribution in [1.82, 2.24) is 9.80 Å². The van der Waals surface area contributed by atoms with Gasteiger partial charge in [-0.3, -0.25) is 9.59 Å². The van der Waals surface area contributed by atoms with Gasteiger partial charge in [0.2, 0.25) is 11.8 Å². The highest BCUT2D eigenvalue weighted by Crippen LogP contribution is 2.15. The fourth-order valence-electron chi connectivity index (χ4n) is 3.54. The highest BCUT2D eigenvalue weighted by molar-refractivity contribution is 5.78. The van der Waals surface area contributed by atoms with Crippen molar-refractivity contribution in [1.29, 1.82) is 0 Å². The van der Waals surface area contributed by atoms with Gasteiger partial charge in [0.25, 0.3) is 0 Å². The van der Waals surface area contributed by atoms with Crippen LogP contribution in [0, 0.1) is 5.82 Å². The van der Waals surface area contributed by atoms with Crippen LogP contribution in [0.5, 0.6) is 11.5 Å². The van der Waals surface area contributed by atoms with Crippen LogP contribution in [0.15, 0.2) is 48.5 Å². The van der Waals surface area contributed by atoms with Gasteiger partial charge in [-0.2, -0.15) is 0 Å². The monoisotopic (exact) mass is 428 g/mol. The van der Waals surface area contributed by atoms with Crippen LogP contribution >= 0.6 is 0 Å². The van der Waals surface area contributed by atoms with Crippen LogP contribution in [-0.4, -0.2) is 61.5 Å². The molecule has 166 valence electrons. The second-order valence-electron chi connectivity index (χ2n) is 7.52. The molecule has 2 aromatic carbocycles. The van der Waals surface area contributed by atoms with Gasteiger partial charge in [0.1, 0.15) is 17.3 Å². The molecule has 0 radical (unpaired) electrons. The Labute approximate surface area is 182 Å². The van der Waals surface area contributed by atoms with E-state index in [0.29, 0.717) is 64.2 Å². The van der Waals surface area contributed by atoms with E-state index in [1.54, 1.807) is 24.1 Å². The molecule has 3 rings (SSSR count). The van der Waals surface area contributed by atoms with Crippen molar-refractivity contribution in [3.8, 4) is 11.5 Å². The number of piperazine rings is 1. The van der Waals surface area contributed by atoms with Gasteiger partial charge in [0.05, 0.1) is 13.7 Å². The summed E-state index contributed by atoms with van der Waals surface area (Å²) in [6, 6.07) is 13.7. The summed E-state index contributed by atoms with van der Waals surface area (Å²) < 4.78 is 23.8. The SMILES string of the molecule is COc1ccc(CCC(=O)N2CCN(C(=O)CCCOc3cccc(F)c3)CC2)cc1. The third kappa shape index (κ3) is 6.98. The summed E-state index contributed by atoms with van der Waals surface area (Å²) in [5.41, 5.74) is 1.10. The summed E-state index contributed by atoms with van der Waals surface area (Å²) in [6.07, 6.45) is 2.09. The normalized spacial score (nSPS) is 13.7. The minimum absolute atomic E-state index is 0.0631. The van der Waals surface area contributed by atoms with E-state index in [9.17, 15) is 14.0 Å². The van der Waals surface area contributed by atoms with Crippen molar-refractivity contribution in [3.05, 3.63) is 59.9 Å². The summed E-state index contributed by atoms with van der Waals surface area (Å²) in [4.78, 5) is 28.5. The topological polar surface area (TPSA) is 59.1 Å². The molecular weight excluding hydrogens is 399 g/mol. The van der Waals surface area contributed by atoms with Crippen molar-refractivity contribution in [2.75, 3.05) is 39.9 Å². The Kier molecular flexibility index (Phi) is 8.27. The fraction of sp³-hybridized carbons (Fsp3) is 0.417. The van der Waals surface area contributed by atoms with E-state index in [-0.39, 0.29) is 17.6 Å². The molecule has 0 aromatic heterocycles. The van der Waals surface area contributed by atoms with Crippen molar-refractivity contribution >= 4 is 11.8 Å². The quantitative estimate of drug-likeness (QED) is 0.575. The van der Waals surface area contributed by atoms with Crippen LogP contribution in [0.25, 0.3) is 0 Å². The summed E-state index contributed by atoms with van der Waals surface area (Å²) in [7, 11) is 1.63. The highest BCUT2D eigenvalue weighted by atomic mass is 19.1. The first-order valence-electron chi connectivity index (χ1n) is 10.6. The zero-order chi connectivity index (χ0) is 22.1. The van der Waals surface area contributed by atoms with E-state index in [0.717, 1.165) is 11.3 Å². The maximum atomic E-state index is 13.1. The van der Waals surface area contributed by atoms with Gasteiger partial charge in [-0.05, 0) is 42.7 Å². The Balaban J connectivity index is 1.32. The number of hydrogen-bond donors (Lipinski definition) is 0. The minimum Gasteiger partial charge on any atom is -0.497 e. The second kappa shape index (κ2) is 11.3. The number of carbonyl (C=O) groups excluding carboxylic acids is 2. The number of halogens is 1. The summed E-state index contributed by atoms with van der Waals surface area (Å²) in [5, 5.41) is 0. The predicted octanol–water partition coefficient (Wildman–Crippen LogP) is 3.30. The molecule has 0 unspecified atom stereocenters. The van der Waals surface area contributed by atoms with Gasteiger partial charge in [0.15, 0.2) is 0 Å². The lowest BCUT2D eigenvalue weighted by atomic mass is 10.1. The van der Waals surface area contributed by atoms with E-state index < -0.39 is 0 Å². The Morgan fingerprint density at radius 3 is 2.16 bits per heavy atom. The predicted molar refractivity (Wildman–Crippen MR) is 116 cm³/mol. The standard InChI is InChI=1S/C24H29FN2O4/c1-30-21-10-7-19(8-11-21)9-12-24(29)27-15-13-26(14-16-27)23(28)6-3-17-31-22-5-2-4-20(25)18-22/h2,4-5,7-8,10-11,18H,3,6,9,12-17H2,1H3. The summed E-state index contributed by atoms with van der Waals surface area (Å²) in [5.74, 6) is 1.11. The first-order valence-corrected chi connectivity index (χ1v) is 10.6. The number of amides is 2. The summed E-state index contributed by atoms with van der Waals surface area (Å²) in [6.45, 7) is 2.59. The molecule has 0 saturated carbocycles. The lowest BCUT2D eigenvalue weighted by Crippen LogP contribution is -2.50. The fourth-order valence-corrected chi connectivity index (χ4v) is 3.54. The van der Waals surface area contributed by atoms with Gasteiger partial charge in [0, 0.05) is 45.1 Å². The van der Waals surface area contributed by atoms with Crippen molar-refractivity contribution in [2.45, 2.75) is 25.7 Å². The lowest BCUT2D eigenvalue weighted by Gasteiger charge is -2.35. The third-order valence-corrected chi connectivity index (χ3v) is 5.37. The first-order chi connectivity index (χ1) is 15.0. The number of rotatable bonds is 9. The molecule has 1 aliphatic rings. The van der Waals surface area contributed by atoms with E-state index in [1.165, 1.54) is 12.1 Å². The average Bonchev–Trinajstić information content (AvgIpc) is 2.80. The van der Waals surface area contributed by atoms with Crippen molar-refractivity contribution < 1.29 is 23.5 Å². The van der Waals surface area contributed by atoms with Crippen LogP contribution in [0.2, 0.25) is 0 Å². The molecule has 1 heterocycles. The molecule has 0 aliphatic carbocycles. The number of hydrogen-bond acceptors (Lipinski definition) is 4. The molecule has 31 heavy (non-hydrogen) atoms. The highest BCUT2D eigenvalue weighted by Gasteiger charge is 2.23. The summed E-state index contributed by atoms with van der Waals surface area (Å²) >= 11 is 0. The Hall–Kier alpha value is -3.09. The van der Waals surface area contributed by atoms with Gasteiger partial charge < -0.3 is 19.3 Å². The van der Waals surface area contributed by atoms with Gasteiger partial charge >= 0.3 is 0 Å². The molecule has 1 aliphatic heterocycles. The lowest BCUT2D eigenvalue weighted by molar-refractivity contribution is -0.139. The molecule has 0 N–H and O–H groups in total. The zero-order valence-corrected chi connectivity index (χ0v) is 17.9. The molecular formula is C24H29FN2O4. The zero-order valence-electron chi connectivity index (χ0n) is 17.9. The molecule has 1 saturated heterocycles. The molecule has 6 nitrogen and oxygen atoms in total. The number of methoxy groups -OCH3 is 1. The smallest absolute Gasteiger partial charge is 0.223 e. The average molecular weight is 429 g/mol. The number of aryl methyl sites for hydroxylation is 1. The molecule has 1 fully saturated rings.